The van der Waals surface area contributed by atoms with E-state index >= 15 is 0 Å². The predicted octanol–water partition coefficient (Wildman–Crippen LogP) is 5.07. The van der Waals surface area contributed by atoms with Crippen LogP contribution in [0.1, 0.15) is 50.7 Å². The molecule has 0 saturated carbocycles. The fourth-order valence-corrected chi connectivity index (χ4v) is 2.60. The molecule has 0 fully saturated rings. The third kappa shape index (κ3) is 1.73. The van der Waals surface area contributed by atoms with Gasteiger partial charge in [-0.05, 0) is 40.7 Å². The van der Waals surface area contributed by atoms with Crippen LogP contribution in [0, 0.1) is 0 Å². The molecule has 1 aliphatic carbocycles. The number of hydrogen-bond donors (Lipinski definition) is 0. The largest absolute Gasteiger partial charge is 0.0909 e. The second-order valence-electron chi connectivity index (χ2n) is 4.48. The van der Waals surface area contributed by atoms with Crippen LogP contribution >= 0.6 is 0 Å². The van der Waals surface area contributed by atoms with Crippen LogP contribution in [0.3, 0.4) is 0 Å². The molecular formula is C16H20. The van der Waals surface area contributed by atoms with Crippen molar-refractivity contribution in [2.24, 2.45) is 0 Å². The molecule has 0 heteroatoms. The second kappa shape index (κ2) is 4.69. The van der Waals surface area contributed by atoms with E-state index in [-0.39, 0.29) is 0 Å². The van der Waals surface area contributed by atoms with E-state index < -0.39 is 0 Å². The molecule has 0 unspecified atom stereocenters. The summed E-state index contributed by atoms with van der Waals surface area (Å²) in [5, 5.41) is 0. The Morgan fingerprint density at radius 2 is 1.44 bits per heavy atom. The quantitative estimate of drug-likeness (QED) is 0.654. The molecule has 0 bridgehead atoms. The molecule has 16 heavy (non-hydrogen) atoms. The molecule has 1 aromatic carbocycles. The summed E-state index contributed by atoms with van der Waals surface area (Å²) >= 11 is 0. The lowest BCUT2D eigenvalue weighted by Crippen LogP contribution is -1.84. The monoisotopic (exact) mass is 212 g/mol. The van der Waals surface area contributed by atoms with Crippen molar-refractivity contribution >= 4 is 11.1 Å². The lowest BCUT2D eigenvalue weighted by atomic mass is 9.99. The molecule has 1 aliphatic rings. The third-order valence-electron chi connectivity index (χ3n) is 3.31. The Hall–Kier alpha value is -1.30. The number of fused-ring (bicyclic) bond motifs is 1. The molecular weight excluding hydrogens is 192 g/mol. The molecule has 0 spiro atoms. The van der Waals surface area contributed by atoms with Gasteiger partial charge in [0, 0.05) is 0 Å². The molecule has 0 N–H and O–H groups in total. The molecule has 0 nitrogen and oxygen atoms in total. The summed E-state index contributed by atoms with van der Waals surface area (Å²) in [5.74, 6) is 0. The number of hydrogen-bond acceptors (Lipinski definition) is 0. The average molecular weight is 212 g/mol. The molecule has 0 aromatic heterocycles. The van der Waals surface area contributed by atoms with E-state index in [0.717, 1.165) is 0 Å². The molecule has 2 rings (SSSR count). The first-order chi connectivity index (χ1) is 7.79. The van der Waals surface area contributed by atoms with Crippen molar-refractivity contribution in [3.8, 4) is 0 Å². The molecule has 0 aliphatic heterocycles. The summed E-state index contributed by atoms with van der Waals surface area (Å²) in [5.41, 5.74) is 7.10. The summed E-state index contributed by atoms with van der Waals surface area (Å²) < 4.78 is 0. The molecule has 0 heterocycles. The van der Waals surface area contributed by atoms with Gasteiger partial charge in [0.1, 0.15) is 0 Å². The highest BCUT2D eigenvalue weighted by atomic mass is 14.3. The van der Waals surface area contributed by atoms with Gasteiger partial charge in [-0.25, -0.2) is 0 Å². The SMILES string of the molecule is C=C1C(CCC)=C(CCC)c2ccccc21. The number of rotatable bonds is 4. The standard InChI is InChI=1S/C16H20/c1-4-8-13-12(3)14-10-6-7-11-16(14)15(13)9-5-2/h6-7,10-11H,3-5,8-9H2,1-2H3. The van der Waals surface area contributed by atoms with E-state index in [1.807, 2.05) is 0 Å². The van der Waals surface area contributed by atoms with Gasteiger partial charge in [0.2, 0.25) is 0 Å². The van der Waals surface area contributed by atoms with Crippen molar-refractivity contribution in [2.75, 3.05) is 0 Å². The van der Waals surface area contributed by atoms with E-state index in [2.05, 4.69) is 44.7 Å². The van der Waals surface area contributed by atoms with E-state index in [4.69, 9.17) is 0 Å². The summed E-state index contributed by atoms with van der Waals surface area (Å²) in [6.45, 7) is 8.76. The van der Waals surface area contributed by atoms with Crippen LogP contribution in [0.5, 0.6) is 0 Å². The van der Waals surface area contributed by atoms with Crippen molar-refractivity contribution in [3.63, 3.8) is 0 Å². The average Bonchev–Trinajstić information content (AvgIpc) is 2.57. The zero-order chi connectivity index (χ0) is 11.5. The highest BCUT2D eigenvalue weighted by molar-refractivity contribution is 5.99. The maximum absolute atomic E-state index is 4.27. The van der Waals surface area contributed by atoms with Gasteiger partial charge >= 0.3 is 0 Å². The zero-order valence-corrected chi connectivity index (χ0v) is 10.3. The molecule has 0 atom stereocenters. The zero-order valence-electron chi connectivity index (χ0n) is 10.3. The van der Waals surface area contributed by atoms with Crippen LogP contribution < -0.4 is 0 Å². The van der Waals surface area contributed by atoms with Crippen LogP contribution in [-0.2, 0) is 0 Å². The molecule has 0 amide bonds. The van der Waals surface area contributed by atoms with Gasteiger partial charge in [-0.1, -0.05) is 57.5 Å². The number of allylic oxidation sites excluding steroid dienone is 3. The number of benzene rings is 1. The molecule has 0 radical (unpaired) electrons. The summed E-state index contributed by atoms with van der Waals surface area (Å²) in [6.07, 6.45) is 4.77. The Labute approximate surface area is 98.7 Å². The Balaban J connectivity index is 2.48. The van der Waals surface area contributed by atoms with Gasteiger partial charge in [0.25, 0.3) is 0 Å². The minimum Gasteiger partial charge on any atom is -0.0909 e. The van der Waals surface area contributed by atoms with Gasteiger partial charge in [0.15, 0.2) is 0 Å². The van der Waals surface area contributed by atoms with Crippen molar-refractivity contribution in [3.05, 3.63) is 47.5 Å². The van der Waals surface area contributed by atoms with E-state index in [1.165, 1.54) is 48.0 Å². The first kappa shape index (κ1) is 11.2. The van der Waals surface area contributed by atoms with E-state index in [9.17, 15) is 0 Å². The van der Waals surface area contributed by atoms with Crippen LogP contribution in [-0.4, -0.2) is 0 Å². The molecule has 0 saturated heterocycles. The van der Waals surface area contributed by atoms with Crippen LogP contribution in [0.15, 0.2) is 36.4 Å². The fourth-order valence-electron chi connectivity index (χ4n) is 2.60. The van der Waals surface area contributed by atoms with Crippen molar-refractivity contribution in [1.82, 2.24) is 0 Å². The topological polar surface area (TPSA) is 0 Å². The smallest absolute Gasteiger partial charge is 0.0112 e. The summed E-state index contributed by atoms with van der Waals surface area (Å²) in [6, 6.07) is 8.70. The van der Waals surface area contributed by atoms with Crippen LogP contribution in [0.4, 0.5) is 0 Å². The summed E-state index contributed by atoms with van der Waals surface area (Å²) in [4.78, 5) is 0. The minimum atomic E-state index is 1.17. The Kier molecular flexibility index (Phi) is 3.28. The normalized spacial score (nSPS) is 14.5. The van der Waals surface area contributed by atoms with Crippen LogP contribution in [0.25, 0.3) is 11.1 Å². The van der Waals surface area contributed by atoms with Crippen LogP contribution in [0.2, 0.25) is 0 Å². The van der Waals surface area contributed by atoms with Gasteiger partial charge in [-0.2, -0.15) is 0 Å². The highest BCUT2D eigenvalue weighted by Gasteiger charge is 2.22. The summed E-state index contributed by atoms with van der Waals surface area (Å²) in [7, 11) is 0. The lowest BCUT2D eigenvalue weighted by molar-refractivity contribution is 0.915. The van der Waals surface area contributed by atoms with Gasteiger partial charge in [0.05, 0.1) is 0 Å². The first-order valence-electron chi connectivity index (χ1n) is 6.30. The Morgan fingerprint density at radius 3 is 2.06 bits per heavy atom. The van der Waals surface area contributed by atoms with Crippen molar-refractivity contribution in [1.29, 1.82) is 0 Å². The maximum Gasteiger partial charge on any atom is -0.0112 e. The lowest BCUT2D eigenvalue weighted by Gasteiger charge is -2.06. The highest BCUT2D eigenvalue weighted by Crippen LogP contribution is 2.43. The molecule has 84 valence electrons. The third-order valence-corrected chi connectivity index (χ3v) is 3.31. The van der Waals surface area contributed by atoms with Gasteiger partial charge in [-0.15, -0.1) is 0 Å². The van der Waals surface area contributed by atoms with Crippen molar-refractivity contribution in [2.45, 2.75) is 39.5 Å². The maximum atomic E-state index is 4.27. The van der Waals surface area contributed by atoms with E-state index in [1.54, 1.807) is 5.57 Å². The molecule has 1 aromatic rings. The second-order valence-corrected chi connectivity index (χ2v) is 4.48. The van der Waals surface area contributed by atoms with E-state index in [0.29, 0.717) is 0 Å². The predicted molar refractivity (Wildman–Crippen MR) is 72.2 cm³/mol. The fraction of sp³-hybridized carbons (Fsp3) is 0.375. The first-order valence-corrected chi connectivity index (χ1v) is 6.30. The Bertz CT molecular complexity index is 435. The van der Waals surface area contributed by atoms with Gasteiger partial charge < -0.3 is 0 Å². The Morgan fingerprint density at radius 1 is 0.875 bits per heavy atom. The van der Waals surface area contributed by atoms with Gasteiger partial charge in [-0.3, -0.25) is 0 Å². The van der Waals surface area contributed by atoms with Crippen molar-refractivity contribution < 1.29 is 0 Å². The minimum absolute atomic E-state index is 1.17.